The van der Waals surface area contributed by atoms with Crippen LogP contribution in [0.5, 0.6) is 0 Å². The molecule has 1 aromatic heterocycles. The molecule has 0 aromatic carbocycles. The van der Waals surface area contributed by atoms with Crippen LogP contribution in [0.4, 0.5) is 8.78 Å². The zero-order valence-electron chi connectivity index (χ0n) is 6.86. The molecule has 1 aromatic rings. The molecule has 0 bridgehead atoms. The van der Waals surface area contributed by atoms with E-state index in [2.05, 4.69) is 4.98 Å². The molecule has 70 valence electrons. The number of rotatable bonds is 1. The molecule has 1 fully saturated rings. The fraction of sp³-hybridized carbons (Fsp3) is 0.444. The standard InChI is InChI=1S/C9H8ClF2N/c10-7-4-6(11)5-13-8(7)9(12)2-1-3-9/h4-5H,1-3H2. The lowest BCUT2D eigenvalue weighted by Gasteiger charge is -2.33. The molecule has 13 heavy (non-hydrogen) atoms. The van der Waals surface area contributed by atoms with Crippen LogP contribution in [-0.2, 0) is 5.67 Å². The molecule has 1 aliphatic carbocycles. The van der Waals surface area contributed by atoms with Gasteiger partial charge in [0.2, 0.25) is 0 Å². The number of halogens is 3. The summed E-state index contributed by atoms with van der Waals surface area (Å²) in [5.41, 5.74) is -1.23. The van der Waals surface area contributed by atoms with Gasteiger partial charge in [0.15, 0.2) is 5.67 Å². The molecule has 0 amide bonds. The molecule has 0 atom stereocenters. The van der Waals surface area contributed by atoms with Crippen LogP contribution in [0.2, 0.25) is 5.02 Å². The average Bonchev–Trinajstić information content (AvgIpc) is 2.00. The van der Waals surface area contributed by atoms with E-state index in [0.29, 0.717) is 12.8 Å². The lowest BCUT2D eigenvalue weighted by atomic mass is 9.79. The van der Waals surface area contributed by atoms with Crippen molar-refractivity contribution in [3.63, 3.8) is 0 Å². The second kappa shape index (κ2) is 2.91. The highest BCUT2D eigenvalue weighted by molar-refractivity contribution is 6.31. The lowest BCUT2D eigenvalue weighted by Crippen LogP contribution is -2.30. The van der Waals surface area contributed by atoms with Crippen molar-refractivity contribution in [2.75, 3.05) is 0 Å². The van der Waals surface area contributed by atoms with Gasteiger partial charge in [0.05, 0.1) is 16.9 Å². The number of alkyl halides is 1. The van der Waals surface area contributed by atoms with Crippen molar-refractivity contribution in [3.8, 4) is 0 Å². The third kappa shape index (κ3) is 1.41. The van der Waals surface area contributed by atoms with Crippen LogP contribution in [-0.4, -0.2) is 4.98 Å². The first-order valence-electron chi connectivity index (χ1n) is 4.12. The SMILES string of the molecule is Fc1cnc(C2(F)CCC2)c(Cl)c1. The van der Waals surface area contributed by atoms with Gasteiger partial charge in [-0.15, -0.1) is 0 Å². The minimum atomic E-state index is -1.41. The van der Waals surface area contributed by atoms with Crippen LogP contribution in [0.15, 0.2) is 12.3 Å². The second-order valence-corrected chi connectivity index (χ2v) is 3.71. The maximum absolute atomic E-state index is 13.8. The maximum Gasteiger partial charge on any atom is 0.154 e. The molecule has 0 unspecified atom stereocenters. The maximum atomic E-state index is 13.8. The van der Waals surface area contributed by atoms with Crippen LogP contribution in [0.25, 0.3) is 0 Å². The third-order valence-electron chi connectivity index (χ3n) is 2.38. The van der Waals surface area contributed by atoms with Crippen LogP contribution in [0.1, 0.15) is 25.0 Å². The Labute approximate surface area is 79.7 Å². The summed E-state index contributed by atoms with van der Waals surface area (Å²) < 4.78 is 26.3. The fourth-order valence-corrected chi connectivity index (χ4v) is 1.79. The Morgan fingerprint density at radius 2 is 2.15 bits per heavy atom. The monoisotopic (exact) mass is 203 g/mol. The van der Waals surface area contributed by atoms with Crippen molar-refractivity contribution in [3.05, 3.63) is 28.8 Å². The van der Waals surface area contributed by atoms with Crippen LogP contribution in [0.3, 0.4) is 0 Å². The van der Waals surface area contributed by atoms with E-state index in [4.69, 9.17) is 11.6 Å². The molecule has 4 heteroatoms. The summed E-state index contributed by atoms with van der Waals surface area (Å²) in [4.78, 5) is 3.69. The number of pyridine rings is 1. The first-order valence-corrected chi connectivity index (χ1v) is 4.50. The molecule has 1 nitrogen and oxygen atoms in total. The largest absolute Gasteiger partial charge is 0.253 e. The van der Waals surface area contributed by atoms with E-state index in [9.17, 15) is 8.78 Å². The molecule has 0 spiro atoms. The smallest absolute Gasteiger partial charge is 0.154 e. The van der Waals surface area contributed by atoms with Crippen LogP contribution in [0, 0.1) is 5.82 Å². The zero-order chi connectivity index (χ0) is 9.47. The van der Waals surface area contributed by atoms with Gasteiger partial charge in [0, 0.05) is 0 Å². The van der Waals surface area contributed by atoms with Crippen molar-refractivity contribution in [1.82, 2.24) is 4.98 Å². The van der Waals surface area contributed by atoms with Gasteiger partial charge < -0.3 is 0 Å². The predicted molar refractivity (Wildman–Crippen MR) is 45.8 cm³/mol. The summed E-state index contributed by atoms with van der Waals surface area (Å²) in [6.07, 6.45) is 2.71. The molecular weight excluding hydrogens is 196 g/mol. The van der Waals surface area contributed by atoms with E-state index < -0.39 is 11.5 Å². The van der Waals surface area contributed by atoms with Crippen molar-refractivity contribution in [1.29, 1.82) is 0 Å². The quantitative estimate of drug-likeness (QED) is 0.683. The Balaban J connectivity index is 2.40. The summed E-state index contributed by atoms with van der Waals surface area (Å²) >= 11 is 5.68. The minimum absolute atomic E-state index is 0.0854. The van der Waals surface area contributed by atoms with Gasteiger partial charge in [-0.05, 0) is 25.3 Å². The highest BCUT2D eigenvalue weighted by Gasteiger charge is 2.41. The molecule has 0 N–H and O–H groups in total. The highest BCUT2D eigenvalue weighted by Crippen LogP contribution is 2.46. The fourth-order valence-electron chi connectivity index (χ4n) is 1.47. The van der Waals surface area contributed by atoms with Gasteiger partial charge >= 0.3 is 0 Å². The number of aromatic nitrogens is 1. The molecular formula is C9H8ClF2N. The van der Waals surface area contributed by atoms with Crippen molar-refractivity contribution in [2.24, 2.45) is 0 Å². The first-order chi connectivity index (χ1) is 6.12. The molecule has 0 radical (unpaired) electrons. The minimum Gasteiger partial charge on any atom is -0.253 e. The second-order valence-electron chi connectivity index (χ2n) is 3.30. The molecule has 1 aliphatic rings. The summed E-state index contributed by atoms with van der Waals surface area (Å²) in [5, 5.41) is 0.0854. The third-order valence-corrected chi connectivity index (χ3v) is 2.67. The number of nitrogens with zero attached hydrogens (tertiary/aromatic N) is 1. The molecule has 1 saturated carbocycles. The van der Waals surface area contributed by atoms with Crippen molar-refractivity contribution < 1.29 is 8.78 Å². The van der Waals surface area contributed by atoms with E-state index in [1.165, 1.54) is 0 Å². The zero-order valence-corrected chi connectivity index (χ0v) is 7.61. The molecule has 1 heterocycles. The van der Waals surface area contributed by atoms with Gasteiger partial charge in [0.25, 0.3) is 0 Å². The Kier molecular flexibility index (Phi) is 1.99. The van der Waals surface area contributed by atoms with Gasteiger partial charge in [-0.3, -0.25) is 4.98 Å². The van der Waals surface area contributed by atoms with Crippen molar-refractivity contribution >= 4 is 11.6 Å². The number of hydrogen-bond acceptors (Lipinski definition) is 1. The highest BCUT2D eigenvalue weighted by atomic mass is 35.5. The first kappa shape index (κ1) is 8.88. The van der Waals surface area contributed by atoms with Crippen LogP contribution >= 0.6 is 11.6 Å². The van der Waals surface area contributed by atoms with Gasteiger partial charge in [0.1, 0.15) is 5.82 Å². The van der Waals surface area contributed by atoms with E-state index >= 15 is 0 Å². The van der Waals surface area contributed by atoms with E-state index in [-0.39, 0.29) is 10.7 Å². The summed E-state index contributed by atoms with van der Waals surface area (Å²) in [6, 6.07) is 1.10. The summed E-state index contributed by atoms with van der Waals surface area (Å²) in [7, 11) is 0. The number of hydrogen-bond donors (Lipinski definition) is 0. The van der Waals surface area contributed by atoms with Gasteiger partial charge in [-0.25, -0.2) is 8.78 Å². The topological polar surface area (TPSA) is 12.9 Å². The van der Waals surface area contributed by atoms with E-state index in [1.807, 2.05) is 0 Å². The molecule has 2 rings (SSSR count). The van der Waals surface area contributed by atoms with Crippen LogP contribution < -0.4 is 0 Å². The Bertz CT molecular complexity index is 336. The predicted octanol–water partition coefficient (Wildman–Crippen LogP) is 3.22. The van der Waals surface area contributed by atoms with Crippen molar-refractivity contribution in [2.45, 2.75) is 24.9 Å². The summed E-state index contributed by atoms with van der Waals surface area (Å²) in [5.74, 6) is -0.531. The summed E-state index contributed by atoms with van der Waals surface area (Å²) in [6.45, 7) is 0. The normalized spacial score (nSPS) is 19.6. The Morgan fingerprint density at radius 3 is 2.62 bits per heavy atom. The molecule has 0 saturated heterocycles. The lowest BCUT2D eigenvalue weighted by molar-refractivity contribution is 0.0560. The molecule has 0 aliphatic heterocycles. The van der Waals surface area contributed by atoms with Gasteiger partial charge in [-0.1, -0.05) is 11.6 Å². The van der Waals surface area contributed by atoms with E-state index in [1.54, 1.807) is 0 Å². The average molecular weight is 204 g/mol. The van der Waals surface area contributed by atoms with E-state index in [0.717, 1.165) is 18.7 Å². The Hall–Kier alpha value is -0.700. The van der Waals surface area contributed by atoms with Gasteiger partial charge in [-0.2, -0.15) is 0 Å². The Morgan fingerprint density at radius 1 is 1.46 bits per heavy atom.